The molecule has 2 fully saturated rings. The van der Waals surface area contributed by atoms with E-state index >= 15 is 0 Å². The van der Waals surface area contributed by atoms with Crippen LogP contribution in [0.15, 0.2) is 0 Å². The predicted octanol–water partition coefficient (Wildman–Crippen LogP) is 1.08. The van der Waals surface area contributed by atoms with Crippen molar-refractivity contribution in [2.24, 2.45) is 5.92 Å². The Bertz CT molecular complexity index is 221. The maximum absolute atomic E-state index is 11.3. The number of carbonyl (C=O) groups excluding carboxylic acids is 1. The van der Waals surface area contributed by atoms with Crippen molar-refractivity contribution in [2.45, 2.75) is 38.1 Å². The van der Waals surface area contributed by atoms with Crippen LogP contribution in [-0.4, -0.2) is 17.7 Å². The van der Waals surface area contributed by atoms with Gasteiger partial charge >= 0.3 is 0 Å². The lowest BCUT2D eigenvalue weighted by Crippen LogP contribution is -2.33. The summed E-state index contributed by atoms with van der Waals surface area (Å²) in [7, 11) is 0. The molecule has 0 saturated heterocycles. The van der Waals surface area contributed by atoms with Gasteiger partial charge in [0.15, 0.2) is 0 Å². The van der Waals surface area contributed by atoms with E-state index in [-0.39, 0.29) is 11.9 Å². The lowest BCUT2D eigenvalue weighted by atomic mass is 10.2. The summed E-state index contributed by atoms with van der Waals surface area (Å²) in [5, 5.41) is 10.4. The Kier molecular flexibility index (Phi) is 1.87. The summed E-state index contributed by atoms with van der Waals surface area (Å²) >= 11 is 0. The molecule has 2 aliphatic carbocycles. The summed E-state index contributed by atoms with van der Waals surface area (Å²) in [5.41, 5.74) is 0.788. The van der Waals surface area contributed by atoms with Crippen molar-refractivity contribution < 1.29 is 4.79 Å². The van der Waals surface area contributed by atoms with E-state index in [1.807, 2.05) is 0 Å². The number of hydrogen-bond acceptors (Lipinski definition) is 2. The maximum atomic E-state index is 11.3. The topological polar surface area (TPSA) is 53.0 Å². The highest BCUT2D eigenvalue weighted by Crippen LogP contribution is 2.29. The quantitative estimate of drug-likeness (QED) is 0.633. The second-order valence-corrected chi connectivity index (χ2v) is 3.83. The molecule has 3 heteroatoms. The Balaban J connectivity index is 1.78. The fourth-order valence-electron chi connectivity index (χ4n) is 1.64. The van der Waals surface area contributed by atoms with E-state index in [2.05, 4.69) is 5.32 Å². The molecule has 2 aliphatic rings. The number of carbonyl (C=O) groups is 1. The van der Waals surface area contributed by atoms with Crippen molar-refractivity contribution in [3.8, 4) is 0 Å². The first kappa shape index (κ1) is 7.77. The van der Waals surface area contributed by atoms with E-state index in [0.717, 1.165) is 37.8 Å². The van der Waals surface area contributed by atoms with Crippen LogP contribution in [0.4, 0.5) is 0 Å². The molecule has 0 aromatic rings. The van der Waals surface area contributed by atoms with Gasteiger partial charge in [0.2, 0.25) is 5.91 Å². The Morgan fingerprint density at radius 3 is 2.67 bits per heavy atom. The number of hydrogen-bond donors (Lipinski definition) is 2. The molecule has 0 aromatic carbocycles. The summed E-state index contributed by atoms with van der Waals surface area (Å²) in [4.78, 5) is 11.3. The zero-order valence-electron chi connectivity index (χ0n) is 7.10. The molecule has 12 heavy (non-hydrogen) atoms. The van der Waals surface area contributed by atoms with Gasteiger partial charge in [-0.2, -0.15) is 0 Å². The van der Waals surface area contributed by atoms with Gasteiger partial charge in [0.1, 0.15) is 0 Å². The van der Waals surface area contributed by atoms with Crippen LogP contribution in [0.2, 0.25) is 0 Å². The Morgan fingerprint density at radius 1 is 1.42 bits per heavy atom. The minimum Gasteiger partial charge on any atom is -0.353 e. The molecule has 0 spiro atoms. The van der Waals surface area contributed by atoms with Crippen molar-refractivity contribution >= 4 is 11.6 Å². The summed E-state index contributed by atoms with van der Waals surface area (Å²) in [6.45, 7) is 0. The average molecular weight is 166 g/mol. The van der Waals surface area contributed by atoms with E-state index in [9.17, 15) is 4.79 Å². The molecule has 2 N–H and O–H groups in total. The van der Waals surface area contributed by atoms with E-state index in [1.165, 1.54) is 0 Å². The van der Waals surface area contributed by atoms with E-state index in [1.54, 1.807) is 0 Å². The maximum Gasteiger partial charge on any atom is 0.223 e. The Hall–Kier alpha value is -0.860. The number of rotatable bonds is 2. The van der Waals surface area contributed by atoms with Crippen molar-refractivity contribution in [2.75, 3.05) is 0 Å². The van der Waals surface area contributed by atoms with Crippen LogP contribution >= 0.6 is 0 Å². The van der Waals surface area contributed by atoms with Crippen molar-refractivity contribution in [1.29, 1.82) is 5.41 Å². The number of amides is 1. The molecular formula is C9H14N2O. The Labute approximate surface area is 72.0 Å². The first-order valence-corrected chi connectivity index (χ1v) is 4.62. The minimum atomic E-state index is 0.217. The second kappa shape index (κ2) is 2.88. The third-order valence-electron chi connectivity index (χ3n) is 2.58. The van der Waals surface area contributed by atoms with E-state index in [0.29, 0.717) is 5.92 Å². The zero-order chi connectivity index (χ0) is 8.55. The van der Waals surface area contributed by atoms with Gasteiger partial charge in [-0.25, -0.2) is 0 Å². The molecule has 2 saturated carbocycles. The van der Waals surface area contributed by atoms with Crippen LogP contribution in [0, 0.1) is 11.3 Å². The lowest BCUT2D eigenvalue weighted by Gasteiger charge is -2.10. The van der Waals surface area contributed by atoms with Gasteiger partial charge in [0.05, 0.1) is 0 Å². The fourth-order valence-corrected chi connectivity index (χ4v) is 1.64. The van der Waals surface area contributed by atoms with Gasteiger partial charge in [-0.1, -0.05) is 0 Å². The van der Waals surface area contributed by atoms with Crippen LogP contribution in [0.25, 0.3) is 0 Å². The number of nitrogens with one attached hydrogen (secondary N) is 2. The largest absolute Gasteiger partial charge is 0.353 e. The molecule has 66 valence electrons. The van der Waals surface area contributed by atoms with Gasteiger partial charge in [-0.05, 0) is 25.7 Å². The predicted molar refractivity (Wildman–Crippen MR) is 46.2 cm³/mol. The summed E-state index contributed by atoms with van der Waals surface area (Å²) in [5.74, 6) is 0.523. The van der Waals surface area contributed by atoms with Gasteiger partial charge in [0.25, 0.3) is 0 Å². The Morgan fingerprint density at radius 2 is 2.17 bits per heavy atom. The third-order valence-corrected chi connectivity index (χ3v) is 2.58. The first-order chi connectivity index (χ1) is 5.75. The zero-order valence-corrected chi connectivity index (χ0v) is 7.10. The molecule has 0 heterocycles. The standard InChI is InChI=1S/C9H14N2O/c10-7-3-4-8(5-7)11-9(12)6-1-2-6/h6,8,10H,1-5H2,(H,11,12)/t8-/m0/s1. The van der Waals surface area contributed by atoms with Crippen LogP contribution in [-0.2, 0) is 4.79 Å². The van der Waals surface area contributed by atoms with Crippen LogP contribution < -0.4 is 5.32 Å². The molecule has 0 aromatic heterocycles. The molecule has 0 bridgehead atoms. The van der Waals surface area contributed by atoms with Gasteiger partial charge < -0.3 is 10.7 Å². The molecule has 1 amide bonds. The molecule has 3 nitrogen and oxygen atoms in total. The monoisotopic (exact) mass is 166 g/mol. The van der Waals surface area contributed by atoms with Gasteiger partial charge in [0, 0.05) is 24.1 Å². The van der Waals surface area contributed by atoms with E-state index in [4.69, 9.17) is 5.41 Å². The molecular weight excluding hydrogens is 152 g/mol. The lowest BCUT2D eigenvalue weighted by molar-refractivity contribution is -0.122. The SMILES string of the molecule is N=C1CC[C@H](NC(=O)C2CC2)C1. The first-order valence-electron chi connectivity index (χ1n) is 4.62. The van der Waals surface area contributed by atoms with Gasteiger partial charge in [-0.15, -0.1) is 0 Å². The highest BCUT2D eigenvalue weighted by molar-refractivity contribution is 5.86. The van der Waals surface area contributed by atoms with Crippen molar-refractivity contribution in [1.82, 2.24) is 5.32 Å². The molecule has 1 atom stereocenters. The molecule has 2 rings (SSSR count). The van der Waals surface area contributed by atoms with Crippen LogP contribution in [0.1, 0.15) is 32.1 Å². The smallest absolute Gasteiger partial charge is 0.223 e. The minimum absolute atomic E-state index is 0.217. The summed E-state index contributed by atoms with van der Waals surface area (Å²) in [6, 6.07) is 0.269. The van der Waals surface area contributed by atoms with Crippen molar-refractivity contribution in [3.63, 3.8) is 0 Å². The summed E-state index contributed by atoms with van der Waals surface area (Å²) in [6.07, 6.45) is 4.75. The molecule has 0 unspecified atom stereocenters. The third kappa shape index (κ3) is 1.65. The van der Waals surface area contributed by atoms with Crippen LogP contribution in [0.5, 0.6) is 0 Å². The second-order valence-electron chi connectivity index (χ2n) is 3.83. The average Bonchev–Trinajstić information content (AvgIpc) is 2.78. The fraction of sp³-hybridized carbons (Fsp3) is 0.778. The molecule has 0 radical (unpaired) electrons. The summed E-state index contributed by atoms with van der Waals surface area (Å²) < 4.78 is 0. The van der Waals surface area contributed by atoms with Gasteiger partial charge in [-0.3, -0.25) is 4.79 Å². The normalized spacial score (nSPS) is 29.0. The highest BCUT2D eigenvalue weighted by Gasteiger charge is 2.32. The van der Waals surface area contributed by atoms with E-state index < -0.39 is 0 Å². The van der Waals surface area contributed by atoms with Crippen molar-refractivity contribution in [3.05, 3.63) is 0 Å². The highest BCUT2D eigenvalue weighted by atomic mass is 16.2. The van der Waals surface area contributed by atoms with Crippen LogP contribution in [0.3, 0.4) is 0 Å². The molecule has 0 aliphatic heterocycles.